The number of hydrogen-bond donors (Lipinski definition) is 1. The topological polar surface area (TPSA) is 45.5 Å². The number of rotatable bonds is 4. The van der Waals surface area contributed by atoms with Crippen molar-refractivity contribution in [3.63, 3.8) is 0 Å². The Hall–Kier alpha value is -2.07. The predicted octanol–water partition coefficient (Wildman–Crippen LogP) is 3.89. The first-order chi connectivity index (χ1) is 12.1. The molecule has 25 heavy (non-hydrogen) atoms. The molecule has 2 bridgehead atoms. The summed E-state index contributed by atoms with van der Waals surface area (Å²) in [5.41, 5.74) is 2.31. The number of benzene rings is 1. The molecule has 0 aliphatic carbocycles. The molecule has 1 atom stereocenters. The van der Waals surface area contributed by atoms with Gasteiger partial charge >= 0.3 is 0 Å². The van der Waals surface area contributed by atoms with Crippen LogP contribution in [0.4, 0.5) is 0 Å². The maximum atomic E-state index is 12.6. The molecular weight excluding hydrogens is 312 g/mol. The van der Waals surface area contributed by atoms with E-state index < -0.39 is 0 Å². The fraction of sp³-hybridized carbons (Fsp3) is 0.476. The van der Waals surface area contributed by atoms with Crippen molar-refractivity contribution in [3.8, 4) is 11.3 Å². The number of fused-ring (bicyclic) bond motifs is 3. The van der Waals surface area contributed by atoms with Gasteiger partial charge in [0, 0.05) is 18.2 Å². The van der Waals surface area contributed by atoms with Crippen LogP contribution in [0.5, 0.6) is 0 Å². The van der Waals surface area contributed by atoms with Gasteiger partial charge in [-0.05, 0) is 55.5 Å². The Morgan fingerprint density at radius 3 is 2.44 bits per heavy atom. The van der Waals surface area contributed by atoms with Crippen molar-refractivity contribution in [2.75, 3.05) is 19.6 Å². The van der Waals surface area contributed by atoms with E-state index >= 15 is 0 Å². The minimum absolute atomic E-state index is 0.0937. The largest absolute Gasteiger partial charge is 0.451 e. The first kappa shape index (κ1) is 16.4. The van der Waals surface area contributed by atoms with Crippen molar-refractivity contribution in [1.29, 1.82) is 0 Å². The van der Waals surface area contributed by atoms with Crippen molar-refractivity contribution in [3.05, 3.63) is 47.7 Å². The van der Waals surface area contributed by atoms with Crippen LogP contribution in [-0.4, -0.2) is 36.5 Å². The van der Waals surface area contributed by atoms with Crippen LogP contribution >= 0.6 is 0 Å². The molecule has 0 spiro atoms. The molecule has 1 aromatic carbocycles. The number of amides is 1. The van der Waals surface area contributed by atoms with Gasteiger partial charge in [0.15, 0.2) is 5.76 Å². The van der Waals surface area contributed by atoms with Gasteiger partial charge in [-0.25, -0.2) is 0 Å². The minimum atomic E-state index is -0.0937. The lowest BCUT2D eigenvalue weighted by atomic mass is 9.84. The van der Waals surface area contributed by atoms with Crippen molar-refractivity contribution < 1.29 is 9.21 Å². The van der Waals surface area contributed by atoms with Gasteiger partial charge < -0.3 is 14.6 Å². The fourth-order valence-corrected chi connectivity index (χ4v) is 4.02. The summed E-state index contributed by atoms with van der Waals surface area (Å²) in [5.74, 6) is 2.18. The third-order valence-electron chi connectivity index (χ3n) is 5.66. The summed E-state index contributed by atoms with van der Waals surface area (Å²) < 4.78 is 5.83. The highest BCUT2D eigenvalue weighted by Gasteiger charge is 2.35. The molecule has 2 aromatic rings. The number of hydrogen-bond acceptors (Lipinski definition) is 3. The molecule has 3 aliphatic heterocycles. The quantitative estimate of drug-likeness (QED) is 0.920. The summed E-state index contributed by atoms with van der Waals surface area (Å²) in [6, 6.07) is 12.3. The smallest absolute Gasteiger partial charge is 0.287 e. The predicted molar refractivity (Wildman–Crippen MR) is 98.7 cm³/mol. The van der Waals surface area contributed by atoms with Crippen LogP contribution in [0.15, 0.2) is 40.8 Å². The van der Waals surface area contributed by atoms with E-state index in [1.165, 1.54) is 31.5 Å². The average Bonchev–Trinajstić information content (AvgIpc) is 3.13. The Morgan fingerprint density at radius 1 is 1.12 bits per heavy atom. The molecule has 3 saturated heterocycles. The van der Waals surface area contributed by atoms with E-state index in [0.717, 1.165) is 17.9 Å². The maximum Gasteiger partial charge on any atom is 0.287 e. The summed E-state index contributed by atoms with van der Waals surface area (Å²) in [5, 5.41) is 3.18. The third-order valence-corrected chi connectivity index (χ3v) is 5.66. The Bertz CT molecular complexity index is 740. The fourth-order valence-electron chi connectivity index (χ4n) is 4.02. The number of nitrogens with one attached hydrogen (secondary N) is 1. The van der Waals surface area contributed by atoms with Crippen LogP contribution in [0.1, 0.15) is 48.7 Å². The van der Waals surface area contributed by atoms with Crippen LogP contribution in [0, 0.1) is 5.92 Å². The molecule has 3 aliphatic rings. The van der Waals surface area contributed by atoms with Crippen LogP contribution in [0.2, 0.25) is 0 Å². The molecule has 0 unspecified atom stereocenters. The molecule has 1 aromatic heterocycles. The van der Waals surface area contributed by atoms with Gasteiger partial charge in [-0.2, -0.15) is 0 Å². The van der Waals surface area contributed by atoms with E-state index in [4.69, 9.17) is 4.42 Å². The average molecular weight is 338 g/mol. The molecule has 0 saturated carbocycles. The Labute approximate surface area is 149 Å². The standard InChI is InChI=1S/C21H26N2O2/c1-14(2)15-3-5-17(6-4-15)19-7-8-20(25-19)21(24)22-18-13-23-11-9-16(18)10-12-23/h3-8,14,16,18H,9-13H2,1-2H3,(H,22,24)/t18-/m0/s1. The highest BCUT2D eigenvalue weighted by molar-refractivity contribution is 5.92. The molecule has 1 N–H and O–H groups in total. The lowest BCUT2D eigenvalue weighted by molar-refractivity contribution is 0.0606. The van der Waals surface area contributed by atoms with Crippen molar-refractivity contribution in [1.82, 2.24) is 10.2 Å². The zero-order valence-electron chi connectivity index (χ0n) is 15.0. The molecule has 4 nitrogen and oxygen atoms in total. The van der Waals surface area contributed by atoms with E-state index in [0.29, 0.717) is 17.6 Å². The maximum absolute atomic E-state index is 12.6. The SMILES string of the molecule is CC(C)c1ccc(-c2ccc(C(=O)N[C@H]3CN4CCC3CC4)o2)cc1. The molecule has 1 amide bonds. The third kappa shape index (κ3) is 3.36. The Balaban J connectivity index is 1.44. The van der Waals surface area contributed by atoms with E-state index in [-0.39, 0.29) is 11.9 Å². The van der Waals surface area contributed by atoms with Crippen LogP contribution < -0.4 is 5.32 Å². The first-order valence-electron chi connectivity index (χ1n) is 9.33. The second kappa shape index (κ2) is 6.68. The van der Waals surface area contributed by atoms with Gasteiger partial charge in [-0.15, -0.1) is 0 Å². The van der Waals surface area contributed by atoms with Gasteiger partial charge in [0.05, 0.1) is 0 Å². The van der Waals surface area contributed by atoms with Gasteiger partial charge in [-0.3, -0.25) is 4.79 Å². The van der Waals surface area contributed by atoms with Crippen molar-refractivity contribution in [2.24, 2.45) is 5.92 Å². The van der Waals surface area contributed by atoms with Crippen LogP contribution in [-0.2, 0) is 0 Å². The summed E-state index contributed by atoms with van der Waals surface area (Å²) in [6.07, 6.45) is 2.38. The second-order valence-electron chi connectivity index (χ2n) is 7.66. The number of furan rings is 1. The van der Waals surface area contributed by atoms with Gasteiger partial charge in [0.1, 0.15) is 5.76 Å². The zero-order chi connectivity index (χ0) is 17.4. The van der Waals surface area contributed by atoms with E-state index in [1.54, 1.807) is 6.07 Å². The summed E-state index contributed by atoms with van der Waals surface area (Å²) in [7, 11) is 0. The number of carbonyl (C=O) groups is 1. The molecule has 5 rings (SSSR count). The van der Waals surface area contributed by atoms with Gasteiger partial charge in [0.25, 0.3) is 5.91 Å². The minimum Gasteiger partial charge on any atom is -0.451 e. The second-order valence-corrected chi connectivity index (χ2v) is 7.66. The van der Waals surface area contributed by atoms with E-state index in [9.17, 15) is 4.79 Å². The highest BCUT2D eigenvalue weighted by atomic mass is 16.3. The monoisotopic (exact) mass is 338 g/mol. The summed E-state index contributed by atoms with van der Waals surface area (Å²) in [6.45, 7) is 7.68. The van der Waals surface area contributed by atoms with Crippen molar-refractivity contribution in [2.45, 2.75) is 38.6 Å². The lowest BCUT2D eigenvalue weighted by Gasteiger charge is -2.44. The Kier molecular flexibility index (Phi) is 4.38. The van der Waals surface area contributed by atoms with E-state index in [2.05, 4.69) is 48.3 Å². The molecule has 0 radical (unpaired) electrons. The normalized spacial score (nSPS) is 25.3. The van der Waals surface area contributed by atoms with Gasteiger partial charge in [0.2, 0.25) is 0 Å². The molecule has 132 valence electrons. The van der Waals surface area contributed by atoms with Crippen molar-refractivity contribution >= 4 is 5.91 Å². The summed E-state index contributed by atoms with van der Waals surface area (Å²) >= 11 is 0. The Morgan fingerprint density at radius 2 is 1.84 bits per heavy atom. The highest BCUT2D eigenvalue weighted by Crippen LogP contribution is 2.28. The lowest BCUT2D eigenvalue weighted by Crippen LogP contribution is -2.57. The molecular formula is C21H26N2O2. The van der Waals surface area contributed by atoms with Gasteiger partial charge in [-0.1, -0.05) is 38.1 Å². The number of carbonyl (C=O) groups excluding carboxylic acids is 1. The first-order valence-corrected chi connectivity index (χ1v) is 9.33. The molecule has 3 fully saturated rings. The summed E-state index contributed by atoms with van der Waals surface area (Å²) in [4.78, 5) is 15.0. The molecule has 4 heteroatoms. The van der Waals surface area contributed by atoms with E-state index in [1.807, 2.05) is 6.07 Å². The van der Waals surface area contributed by atoms with Crippen LogP contribution in [0.25, 0.3) is 11.3 Å². The number of piperidine rings is 3. The van der Waals surface area contributed by atoms with Crippen LogP contribution in [0.3, 0.4) is 0 Å². The number of nitrogens with zero attached hydrogens (tertiary/aromatic N) is 1. The molecule has 4 heterocycles. The zero-order valence-corrected chi connectivity index (χ0v) is 15.0.